The molecule has 0 atom stereocenters. The molecule has 1 aromatic carbocycles. The van der Waals surface area contributed by atoms with Crippen molar-refractivity contribution in [3.05, 3.63) is 35.4 Å². The van der Waals surface area contributed by atoms with Gasteiger partial charge in [-0.15, -0.1) is 0 Å². The first-order valence-electron chi connectivity index (χ1n) is 6.68. The van der Waals surface area contributed by atoms with Gasteiger partial charge in [0.05, 0.1) is 0 Å². The molecule has 0 radical (unpaired) electrons. The van der Waals surface area contributed by atoms with Gasteiger partial charge in [0, 0.05) is 20.6 Å². The number of nitrogens with two attached hydrogens (primary N) is 1. The van der Waals surface area contributed by atoms with Crippen molar-refractivity contribution in [2.45, 2.75) is 40.2 Å². The Morgan fingerprint density at radius 1 is 1.28 bits per heavy atom. The third-order valence-electron chi connectivity index (χ3n) is 2.57. The largest absolute Gasteiger partial charge is 0.370 e. The standard InChI is InChI=1S/C13H21N3.C2H6/c1-4-6-11-7-5-8-12(9-11)10-16(3)13(14)15-2;1-2/h5,7-9H,4,6,10H2,1-3H3,(H2,14,15);1-2H3. The highest BCUT2D eigenvalue weighted by Crippen LogP contribution is 2.09. The average molecular weight is 249 g/mol. The van der Waals surface area contributed by atoms with Crippen molar-refractivity contribution in [3.8, 4) is 0 Å². The summed E-state index contributed by atoms with van der Waals surface area (Å²) in [4.78, 5) is 5.91. The molecule has 102 valence electrons. The Morgan fingerprint density at radius 3 is 2.44 bits per heavy atom. The molecule has 2 N–H and O–H groups in total. The van der Waals surface area contributed by atoms with Crippen LogP contribution in [-0.2, 0) is 13.0 Å². The summed E-state index contributed by atoms with van der Waals surface area (Å²) in [6, 6.07) is 8.64. The van der Waals surface area contributed by atoms with Gasteiger partial charge >= 0.3 is 0 Å². The number of aryl methyl sites for hydroxylation is 1. The first-order chi connectivity index (χ1) is 8.67. The molecule has 1 aromatic rings. The lowest BCUT2D eigenvalue weighted by molar-refractivity contribution is 0.493. The molecule has 0 amide bonds. The molecule has 0 bridgehead atoms. The summed E-state index contributed by atoms with van der Waals surface area (Å²) in [5.74, 6) is 0.570. The van der Waals surface area contributed by atoms with Gasteiger partial charge in [0.2, 0.25) is 0 Å². The van der Waals surface area contributed by atoms with Crippen LogP contribution in [0.25, 0.3) is 0 Å². The van der Waals surface area contributed by atoms with Gasteiger partial charge in [-0.2, -0.15) is 0 Å². The van der Waals surface area contributed by atoms with Gasteiger partial charge in [-0.05, 0) is 17.5 Å². The lowest BCUT2D eigenvalue weighted by atomic mass is 10.1. The second-order valence-corrected chi connectivity index (χ2v) is 4.01. The van der Waals surface area contributed by atoms with Crippen LogP contribution in [0.15, 0.2) is 29.3 Å². The van der Waals surface area contributed by atoms with Crippen molar-refractivity contribution < 1.29 is 0 Å². The quantitative estimate of drug-likeness (QED) is 0.658. The monoisotopic (exact) mass is 249 g/mol. The maximum atomic E-state index is 5.74. The van der Waals surface area contributed by atoms with E-state index in [0.29, 0.717) is 5.96 Å². The molecule has 0 aromatic heterocycles. The van der Waals surface area contributed by atoms with E-state index in [1.54, 1.807) is 7.05 Å². The highest BCUT2D eigenvalue weighted by molar-refractivity contribution is 5.77. The zero-order valence-electron chi connectivity index (χ0n) is 12.4. The Balaban J connectivity index is 0.00000137. The summed E-state index contributed by atoms with van der Waals surface area (Å²) in [5.41, 5.74) is 8.40. The highest BCUT2D eigenvalue weighted by Gasteiger charge is 2.02. The fraction of sp³-hybridized carbons (Fsp3) is 0.533. The minimum atomic E-state index is 0.570. The number of benzene rings is 1. The second-order valence-electron chi connectivity index (χ2n) is 4.01. The van der Waals surface area contributed by atoms with E-state index in [4.69, 9.17) is 5.73 Å². The summed E-state index contributed by atoms with van der Waals surface area (Å²) in [6.45, 7) is 7.00. The summed E-state index contributed by atoms with van der Waals surface area (Å²) in [7, 11) is 3.66. The van der Waals surface area contributed by atoms with Gasteiger partial charge in [-0.25, -0.2) is 0 Å². The molecule has 0 aliphatic rings. The highest BCUT2D eigenvalue weighted by atomic mass is 15.2. The van der Waals surface area contributed by atoms with Gasteiger partial charge in [-0.1, -0.05) is 51.5 Å². The zero-order valence-corrected chi connectivity index (χ0v) is 12.4. The van der Waals surface area contributed by atoms with Gasteiger partial charge in [0.15, 0.2) is 5.96 Å². The Kier molecular flexibility index (Phi) is 8.71. The zero-order chi connectivity index (χ0) is 14.0. The predicted octanol–water partition coefficient (Wildman–Crippen LogP) is 3.04. The number of rotatable bonds is 4. The Hall–Kier alpha value is -1.51. The van der Waals surface area contributed by atoms with E-state index in [9.17, 15) is 0 Å². The van der Waals surface area contributed by atoms with Gasteiger partial charge in [-0.3, -0.25) is 4.99 Å². The molecule has 0 spiro atoms. The summed E-state index contributed by atoms with van der Waals surface area (Å²) in [5, 5.41) is 0. The van der Waals surface area contributed by atoms with Crippen LogP contribution in [0.4, 0.5) is 0 Å². The van der Waals surface area contributed by atoms with Crippen LogP contribution in [0.3, 0.4) is 0 Å². The Morgan fingerprint density at radius 2 is 1.89 bits per heavy atom. The van der Waals surface area contributed by atoms with E-state index < -0.39 is 0 Å². The molecule has 0 heterocycles. The summed E-state index contributed by atoms with van der Waals surface area (Å²) >= 11 is 0. The molecule has 0 fully saturated rings. The van der Waals surface area contributed by atoms with Gasteiger partial charge in [0.25, 0.3) is 0 Å². The van der Waals surface area contributed by atoms with Crippen LogP contribution in [0.5, 0.6) is 0 Å². The topological polar surface area (TPSA) is 41.6 Å². The van der Waals surface area contributed by atoms with Crippen molar-refractivity contribution in [1.82, 2.24) is 4.90 Å². The molecule has 0 aliphatic heterocycles. The number of guanidine groups is 1. The molecular weight excluding hydrogens is 222 g/mol. The lowest BCUT2D eigenvalue weighted by Crippen LogP contribution is -2.33. The third kappa shape index (κ3) is 5.71. The smallest absolute Gasteiger partial charge is 0.191 e. The summed E-state index contributed by atoms with van der Waals surface area (Å²) in [6.07, 6.45) is 2.31. The molecule has 3 nitrogen and oxygen atoms in total. The van der Waals surface area contributed by atoms with Crippen LogP contribution < -0.4 is 5.73 Å². The SMILES string of the molecule is CC.CCCc1cccc(CN(C)C(N)=NC)c1. The molecule has 0 unspecified atom stereocenters. The van der Waals surface area contributed by atoms with E-state index in [1.807, 2.05) is 25.8 Å². The van der Waals surface area contributed by atoms with Crippen LogP contribution in [0, 0.1) is 0 Å². The third-order valence-corrected chi connectivity index (χ3v) is 2.57. The minimum Gasteiger partial charge on any atom is -0.370 e. The second kappa shape index (κ2) is 9.51. The molecule has 18 heavy (non-hydrogen) atoms. The predicted molar refractivity (Wildman–Crippen MR) is 80.8 cm³/mol. The normalized spacial score (nSPS) is 10.6. The van der Waals surface area contributed by atoms with Crippen LogP contribution >= 0.6 is 0 Å². The Labute approximate surface area is 112 Å². The van der Waals surface area contributed by atoms with Crippen molar-refractivity contribution in [3.63, 3.8) is 0 Å². The maximum Gasteiger partial charge on any atom is 0.191 e. The van der Waals surface area contributed by atoms with Crippen molar-refractivity contribution in [1.29, 1.82) is 0 Å². The number of hydrogen-bond acceptors (Lipinski definition) is 1. The van der Waals surface area contributed by atoms with Crippen LogP contribution in [-0.4, -0.2) is 25.0 Å². The molecular formula is C15H27N3. The maximum absolute atomic E-state index is 5.74. The molecule has 3 heteroatoms. The van der Waals surface area contributed by atoms with Crippen molar-refractivity contribution in [2.24, 2.45) is 10.7 Å². The lowest BCUT2D eigenvalue weighted by Gasteiger charge is -2.18. The molecule has 1 rings (SSSR count). The van der Waals surface area contributed by atoms with Crippen molar-refractivity contribution >= 4 is 5.96 Å². The van der Waals surface area contributed by atoms with Gasteiger partial charge < -0.3 is 10.6 Å². The van der Waals surface area contributed by atoms with E-state index in [0.717, 1.165) is 13.0 Å². The van der Waals surface area contributed by atoms with E-state index in [-0.39, 0.29) is 0 Å². The van der Waals surface area contributed by atoms with E-state index in [2.05, 4.69) is 36.2 Å². The number of aliphatic imine (C=N–C) groups is 1. The summed E-state index contributed by atoms with van der Waals surface area (Å²) < 4.78 is 0. The number of hydrogen-bond donors (Lipinski definition) is 1. The van der Waals surface area contributed by atoms with E-state index in [1.165, 1.54) is 17.5 Å². The molecule has 0 saturated carbocycles. The molecule has 0 aliphatic carbocycles. The first kappa shape index (κ1) is 16.5. The van der Waals surface area contributed by atoms with Crippen LogP contribution in [0.1, 0.15) is 38.3 Å². The fourth-order valence-electron chi connectivity index (χ4n) is 1.70. The van der Waals surface area contributed by atoms with Crippen LogP contribution in [0.2, 0.25) is 0 Å². The molecule has 0 saturated heterocycles. The average Bonchev–Trinajstić information content (AvgIpc) is 2.41. The van der Waals surface area contributed by atoms with Crippen molar-refractivity contribution in [2.75, 3.05) is 14.1 Å². The fourth-order valence-corrected chi connectivity index (χ4v) is 1.70. The first-order valence-corrected chi connectivity index (χ1v) is 6.68. The Bertz CT molecular complexity index is 359. The van der Waals surface area contributed by atoms with E-state index >= 15 is 0 Å². The number of nitrogens with zero attached hydrogens (tertiary/aromatic N) is 2. The minimum absolute atomic E-state index is 0.570. The van der Waals surface area contributed by atoms with Gasteiger partial charge in [0.1, 0.15) is 0 Å².